The second kappa shape index (κ2) is 6.69. The Hall–Kier alpha value is -3.66. The van der Waals surface area contributed by atoms with Crippen LogP contribution in [0.15, 0.2) is 84.9 Å². The van der Waals surface area contributed by atoms with Gasteiger partial charge in [0.25, 0.3) is 0 Å². The molecule has 0 radical (unpaired) electrons. The zero-order valence-electron chi connectivity index (χ0n) is 14.1. The molecule has 0 unspecified atom stereocenters. The van der Waals surface area contributed by atoms with Crippen molar-refractivity contribution in [2.45, 2.75) is 0 Å². The molecule has 0 aliphatic heterocycles. The summed E-state index contributed by atoms with van der Waals surface area (Å²) in [4.78, 5) is 9.53. The highest BCUT2D eigenvalue weighted by Gasteiger charge is 2.10. The zero-order chi connectivity index (χ0) is 17.9. The molecule has 4 nitrogen and oxygen atoms in total. The number of anilines is 2. The average molecular weight is 338 g/mol. The molecule has 26 heavy (non-hydrogen) atoms. The van der Waals surface area contributed by atoms with E-state index < -0.39 is 0 Å². The van der Waals surface area contributed by atoms with E-state index in [9.17, 15) is 0 Å². The Morgan fingerprint density at radius 1 is 0.500 bits per heavy atom. The third kappa shape index (κ3) is 3.26. The van der Waals surface area contributed by atoms with Gasteiger partial charge in [-0.1, -0.05) is 54.6 Å². The second-order valence-corrected chi connectivity index (χ2v) is 6.08. The van der Waals surface area contributed by atoms with Crippen LogP contribution in [-0.4, -0.2) is 9.97 Å². The third-order valence-electron chi connectivity index (χ3n) is 4.12. The van der Waals surface area contributed by atoms with E-state index in [4.69, 9.17) is 21.4 Å². The van der Waals surface area contributed by atoms with Crippen molar-refractivity contribution in [3.8, 4) is 33.9 Å². The Labute approximate surface area is 152 Å². The summed E-state index contributed by atoms with van der Waals surface area (Å²) >= 11 is 0. The quantitative estimate of drug-likeness (QED) is 0.533. The van der Waals surface area contributed by atoms with Gasteiger partial charge < -0.3 is 11.5 Å². The van der Waals surface area contributed by atoms with Crippen LogP contribution >= 0.6 is 0 Å². The van der Waals surface area contributed by atoms with Crippen LogP contribution in [0.1, 0.15) is 0 Å². The Morgan fingerprint density at radius 2 is 1.00 bits per heavy atom. The number of nitrogen functional groups attached to an aromatic ring is 2. The Bertz CT molecular complexity index is 995. The highest BCUT2D eigenvalue weighted by Crippen LogP contribution is 2.28. The Kier molecular flexibility index (Phi) is 4.07. The van der Waals surface area contributed by atoms with Crippen LogP contribution in [0, 0.1) is 0 Å². The summed E-state index contributed by atoms with van der Waals surface area (Å²) in [6.45, 7) is 0. The first-order chi connectivity index (χ1) is 12.7. The average Bonchev–Trinajstić information content (AvgIpc) is 2.68. The van der Waals surface area contributed by atoms with Crippen molar-refractivity contribution in [2.75, 3.05) is 11.5 Å². The molecule has 126 valence electrons. The lowest BCUT2D eigenvalue weighted by Crippen LogP contribution is -1.96. The molecule has 4 rings (SSSR count). The SMILES string of the molecule is Nc1cccc(-c2cc(-c3cccc(N)c3)nc(-c3ccccc3)n2)c1. The molecule has 0 saturated heterocycles. The fraction of sp³-hybridized carbons (Fsp3) is 0. The van der Waals surface area contributed by atoms with E-state index in [0.717, 1.165) is 28.1 Å². The lowest BCUT2D eigenvalue weighted by atomic mass is 10.1. The van der Waals surface area contributed by atoms with Crippen LogP contribution in [-0.2, 0) is 0 Å². The van der Waals surface area contributed by atoms with Crippen molar-refractivity contribution in [1.29, 1.82) is 0 Å². The van der Waals surface area contributed by atoms with Gasteiger partial charge in [0, 0.05) is 28.1 Å². The molecule has 0 saturated carbocycles. The molecule has 4 aromatic rings. The van der Waals surface area contributed by atoms with E-state index in [1.54, 1.807) is 0 Å². The summed E-state index contributed by atoms with van der Waals surface area (Å²) in [5, 5.41) is 0. The van der Waals surface area contributed by atoms with E-state index >= 15 is 0 Å². The predicted octanol–water partition coefficient (Wildman–Crippen LogP) is 4.64. The zero-order valence-corrected chi connectivity index (χ0v) is 14.1. The lowest BCUT2D eigenvalue weighted by Gasteiger charge is -2.10. The number of aromatic nitrogens is 2. The number of hydrogen-bond acceptors (Lipinski definition) is 4. The molecule has 0 aliphatic rings. The van der Waals surface area contributed by atoms with Crippen LogP contribution in [0.3, 0.4) is 0 Å². The molecular formula is C22H18N4. The van der Waals surface area contributed by atoms with E-state index in [2.05, 4.69) is 0 Å². The number of benzene rings is 3. The predicted molar refractivity (Wildman–Crippen MR) is 107 cm³/mol. The first-order valence-corrected chi connectivity index (χ1v) is 8.35. The molecule has 4 N–H and O–H groups in total. The molecule has 0 fully saturated rings. The standard InChI is InChI=1S/C22H18N4/c23-18-10-4-8-16(12-18)20-14-21(17-9-5-11-19(24)13-17)26-22(25-20)15-6-2-1-3-7-15/h1-14H,23-24H2. The largest absolute Gasteiger partial charge is 0.399 e. The fourth-order valence-electron chi connectivity index (χ4n) is 2.86. The van der Waals surface area contributed by atoms with Crippen LogP contribution < -0.4 is 11.5 Å². The second-order valence-electron chi connectivity index (χ2n) is 6.08. The number of rotatable bonds is 3. The molecule has 1 aromatic heterocycles. The van der Waals surface area contributed by atoms with Gasteiger partial charge in [-0.15, -0.1) is 0 Å². The molecule has 0 atom stereocenters. The van der Waals surface area contributed by atoms with Crippen molar-refractivity contribution in [2.24, 2.45) is 0 Å². The molecule has 0 bridgehead atoms. The normalized spacial score (nSPS) is 10.6. The highest BCUT2D eigenvalue weighted by atomic mass is 14.9. The molecule has 1 heterocycles. The van der Waals surface area contributed by atoms with E-state index in [0.29, 0.717) is 17.2 Å². The summed E-state index contributed by atoms with van der Waals surface area (Å²) in [5.41, 5.74) is 17.8. The Morgan fingerprint density at radius 3 is 1.50 bits per heavy atom. The summed E-state index contributed by atoms with van der Waals surface area (Å²) in [7, 11) is 0. The lowest BCUT2D eigenvalue weighted by molar-refractivity contribution is 1.18. The summed E-state index contributed by atoms with van der Waals surface area (Å²) < 4.78 is 0. The van der Waals surface area contributed by atoms with Gasteiger partial charge in [0.05, 0.1) is 11.4 Å². The molecule has 0 spiro atoms. The smallest absolute Gasteiger partial charge is 0.160 e. The number of hydrogen-bond donors (Lipinski definition) is 2. The fourth-order valence-corrected chi connectivity index (χ4v) is 2.86. The van der Waals surface area contributed by atoms with Crippen LogP contribution in [0.5, 0.6) is 0 Å². The molecule has 3 aromatic carbocycles. The molecule has 0 amide bonds. The summed E-state index contributed by atoms with van der Waals surface area (Å²) in [6, 6.07) is 27.3. The Balaban J connectivity index is 1.93. The van der Waals surface area contributed by atoms with Gasteiger partial charge in [-0.25, -0.2) is 9.97 Å². The van der Waals surface area contributed by atoms with E-state index in [1.165, 1.54) is 0 Å². The van der Waals surface area contributed by atoms with Crippen molar-refractivity contribution >= 4 is 11.4 Å². The van der Waals surface area contributed by atoms with Gasteiger partial charge in [-0.05, 0) is 30.3 Å². The van der Waals surface area contributed by atoms with Crippen molar-refractivity contribution in [3.63, 3.8) is 0 Å². The molecular weight excluding hydrogens is 320 g/mol. The maximum Gasteiger partial charge on any atom is 0.160 e. The van der Waals surface area contributed by atoms with Gasteiger partial charge in [-0.3, -0.25) is 0 Å². The van der Waals surface area contributed by atoms with Crippen molar-refractivity contribution < 1.29 is 0 Å². The maximum absolute atomic E-state index is 5.95. The minimum absolute atomic E-state index is 0.669. The van der Waals surface area contributed by atoms with Gasteiger partial charge >= 0.3 is 0 Å². The topological polar surface area (TPSA) is 77.8 Å². The minimum Gasteiger partial charge on any atom is -0.399 e. The van der Waals surface area contributed by atoms with Crippen LogP contribution in [0.2, 0.25) is 0 Å². The van der Waals surface area contributed by atoms with Crippen LogP contribution in [0.25, 0.3) is 33.9 Å². The molecule has 0 aliphatic carbocycles. The summed E-state index contributed by atoms with van der Waals surface area (Å²) in [5.74, 6) is 0.669. The van der Waals surface area contributed by atoms with Crippen molar-refractivity contribution in [1.82, 2.24) is 9.97 Å². The number of nitrogens with zero attached hydrogens (tertiary/aromatic N) is 2. The van der Waals surface area contributed by atoms with E-state index in [-0.39, 0.29) is 0 Å². The van der Waals surface area contributed by atoms with Gasteiger partial charge in [0.15, 0.2) is 5.82 Å². The number of nitrogens with two attached hydrogens (primary N) is 2. The summed E-state index contributed by atoms with van der Waals surface area (Å²) in [6.07, 6.45) is 0. The van der Waals surface area contributed by atoms with Crippen LogP contribution in [0.4, 0.5) is 11.4 Å². The van der Waals surface area contributed by atoms with Crippen molar-refractivity contribution in [3.05, 3.63) is 84.9 Å². The first-order valence-electron chi connectivity index (χ1n) is 8.35. The third-order valence-corrected chi connectivity index (χ3v) is 4.12. The van der Waals surface area contributed by atoms with Gasteiger partial charge in [0.2, 0.25) is 0 Å². The van der Waals surface area contributed by atoms with E-state index in [1.807, 2.05) is 84.9 Å². The highest BCUT2D eigenvalue weighted by molar-refractivity contribution is 5.74. The molecule has 4 heteroatoms. The maximum atomic E-state index is 5.95. The minimum atomic E-state index is 0.669. The monoisotopic (exact) mass is 338 g/mol. The van der Waals surface area contributed by atoms with Gasteiger partial charge in [0.1, 0.15) is 0 Å². The first kappa shape index (κ1) is 15.8. The van der Waals surface area contributed by atoms with Gasteiger partial charge in [-0.2, -0.15) is 0 Å².